The highest BCUT2D eigenvalue weighted by Crippen LogP contribution is 2.28. The van der Waals surface area contributed by atoms with Crippen LogP contribution >= 0.6 is 0 Å². The van der Waals surface area contributed by atoms with E-state index in [2.05, 4.69) is 21.0 Å². The molecule has 0 saturated carbocycles. The summed E-state index contributed by atoms with van der Waals surface area (Å²) in [5.41, 5.74) is 9.53. The van der Waals surface area contributed by atoms with Crippen molar-refractivity contribution in [3.8, 4) is 11.5 Å². The van der Waals surface area contributed by atoms with Crippen LogP contribution < -0.4 is 20.6 Å². The SMILES string of the molecule is COc1cc(CNn2nnnc2N)ccc1OC(C)C. The second-order valence-electron chi connectivity index (χ2n) is 4.44. The average molecular weight is 278 g/mol. The Labute approximate surface area is 116 Å². The van der Waals surface area contributed by atoms with E-state index in [-0.39, 0.29) is 12.1 Å². The molecule has 20 heavy (non-hydrogen) atoms. The number of benzene rings is 1. The number of nitrogens with one attached hydrogen (secondary N) is 1. The summed E-state index contributed by atoms with van der Waals surface area (Å²) in [5.74, 6) is 1.60. The average Bonchev–Trinajstić information content (AvgIpc) is 2.82. The maximum absolute atomic E-state index is 5.66. The van der Waals surface area contributed by atoms with Crippen molar-refractivity contribution < 1.29 is 9.47 Å². The number of methoxy groups -OCH3 is 1. The van der Waals surface area contributed by atoms with Gasteiger partial charge in [0.1, 0.15) is 0 Å². The molecule has 0 aliphatic rings. The van der Waals surface area contributed by atoms with Gasteiger partial charge in [0, 0.05) is 0 Å². The van der Waals surface area contributed by atoms with Crippen LogP contribution in [0.15, 0.2) is 18.2 Å². The van der Waals surface area contributed by atoms with Crippen molar-refractivity contribution in [2.75, 3.05) is 18.3 Å². The molecule has 0 saturated heterocycles. The summed E-state index contributed by atoms with van der Waals surface area (Å²) in [7, 11) is 1.61. The van der Waals surface area contributed by atoms with E-state index in [0.717, 1.165) is 5.56 Å². The van der Waals surface area contributed by atoms with Gasteiger partial charge in [-0.25, -0.2) is 0 Å². The molecule has 3 N–H and O–H groups in total. The summed E-state index contributed by atoms with van der Waals surface area (Å²) in [6.07, 6.45) is 0.0916. The number of nitrogens with zero attached hydrogens (tertiary/aromatic N) is 4. The van der Waals surface area contributed by atoms with Gasteiger partial charge in [0.25, 0.3) is 5.95 Å². The normalized spacial score (nSPS) is 10.6. The maximum atomic E-state index is 5.66. The molecule has 0 aliphatic heterocycles. The largest absolute Gasteiger partial charge is 0.493 e. The predicted octanol–water partition coefficient (Wildman–Crippen LogP) is 0.795. The predicted molar refractivity (Wildman–Crippen MR) is 74.1 cm³/mol. The van der Waals surface area contributed by atoms with Crippen molar-refractivity contribution in [2.24, 2.45) is 0 Å². The number of anilines is 1. The number of aromatic nitrogens is 4. The number of nitrogens with two attached hydrogens (primary N) is 1. The number of ether oxygens (including phenoxy) is 2. The van der Waals surface area contributed by atoms with Crippen LogP contribution in [0.1, 0.15) is 19.4 Å². The first-order chi connectivity index (χ1) is 9.60. The fourth-order valence-corrected chi connectivity index (χ4v) is 1.65. The second kappa shape index (κ2) is 6.09. The molecule has 0 fully saturated rings. The molecule has 8 heteroatoms. The first-order valence-electron chi connectivity index (χ1n) is 6.21. The second-order valence-corrected chi connectivity index (χ2v) is 4.44. The van der Waals surface area contributed by atoms with Gasteiger partial charge in [-0.2, -0.15) is 0 Å². The molecule has 0 atom stereocenters. The molecular weight excluding hydrogens is 260 g/mol. The Bertz CT molecular complexity index is 569. The summed E-state index contributed by atoms with van der Waals surface area (Å²) >= 11 is 0. The number of hydrogen-bond donors (Lipinski definition) is 2. The maximum Gasteiger partial charge on any atom is 0.260 e. The quantitative estimate of drug-likeness (QED) is 0.805. The van der Waals surface area contributed by atoms with E-state index in [1.807, 2.05) is 32.0 Å². The molecule has 0 bridgehead atoms. The number of nitrogen functional groups attached to an aromatic ring is 1. The van der Waals surface area contributed by atoms with Crippen molar-refractivity contribution in [3.63, 3.8) is 0 Å². The van der Waals surface area contributed by atoms with Gasteiger partial charge in [0.05, 0.1) is 19.8 Å². The fraction of sp³-hybridized carbons (Fsp3) is 0.417. The number of rotatable bonds is 6. The molecule has 2 rings (SSSR count). The first-order valence-corrected chi connectivity index (χ1v) is 6.21. The van der Waals surface area contributed by atoms with Crippen LogP contribution in [0.2, 0.25) is 0 Å². The lowest BCUT2D eigenvalue weighted by Gasteiger charge is -2.14. The van der Waals surface area contributed by atoms with Crippen molar-refractivity contribution in [2.45, 2.75) is 26.5 Å². The summed E-state index contributed by atoms with van der Waals surface area (Å²) in [4.78, 5) is 1.31. The van der Waals surface area contributed by atoms with E-state index in [1.165, 1.54) is 4.79 Å². The van der Waals surface area contributed by atoms with Crippen LogP contribution in [-0.2, 0) is 6.54 Å². The van der Waals surface area contributed by atoms with Crippen molar-refractivity contribution >= 4 is 5.95 Å². The van der Waals surface area contributed by atoms with E-state index >= 15 is 0 Å². The third kappa shape index (κ3) is 3.28. The van der Waals surface area contributed by atoms with E-state index in [9.17, 15) is 0 Å². The molecule has 1 aromatic heterocycles. The van der Waals surface area contributed by atoms with Crippen LogP contribution in [0.4, 0.5) is 5.95 Å². The third-order valence-corrected chi connectivity index (χ3v) is 2.52. The molecule has 0 unspecified atom stereocenters. The molecule has 0 aliphatic carbocycles. The van der Waals surface area contributed by atoms with E-state index in [0.29, 0.717) is 18.0 Å². The van der Waals surface area contributed by atoms with Crippen LogP contribution in [-0.4, -0.2) is 33.5 Å². The minimum atomic E-state index is 0.0916. The van der Waals surface area contributed by atoms with Gasteiger partial charge in [0.2, 0.25) is 0 Å². The number of hydrogen-bond acceptors (Lipinski definition) is 7. The lowest BCUT2D eigenvalue weighted by Crippen LogP contribution is -2.18. The molecule has 2 aromatic rings. The summed E-state index contributed by atoms with van der Waals surface area (Å²) in [6, 6.07) is 5.71. The standard InChI is InChI=1S/C12H18N6O2/c1-8(2)20-10-5-4-9(6-11(10)19-3)7-14-18-12(13)15-16-17-18/h4-6,8,14H,7H2,1-3H3,(H2,13,15,17). The van der Waals surface area contributed by atoms with Gasteiger partial charge in [-0.05, 0) is 42.0 Å². The Morgan fingerprint density at radius 1 is 1.35 bits per heavy atom. The van der Waals surface area contributed by atoms with Crippen molar-refractivity contribution in [3.05, 3.63) is 23.8 Å². The molecule has 1 heterocycles. The Balaban J connectivity index is 2.07. The lowest BCUT2D eigenvalue weighted by atomic mass is 10.2. The van der Waals surface area contributed by atoms with Gasteiger partial charge in [-0.3, -0.25) is 0 Å². The topological polar surface area (TPSA) is 100 Å². The summed E-state index contributed by atoms with van der Waals surface area (Å²) in [6.45, 7) is 4.44. The Morgan fingerprint density at radius 2 is 2.15 bits per heavy atom. The fourth-order valence-electron chi connectivity index (χ4n) is 1.65. The molecular formula is C12H18N6O2. The Hall–Kier alpha value is -2.51. The van der Waals surface area contributed by atoms with E-state index in [1.54, 1.807) is 7.11 Å². The molecule has 8 nitrogen and oxygen atoms in total. The van der Waals surface area contributed by atoms with Crippen molar-refractivity contribution in [1.82, 2.24) is 20.3 Å². The zero-order chi connectivity index (χ0) is 14.5. The Morgan fingerprint density at radius 3 is 2.75 bits per heavy atom. The molecule has 0 spiro atoms. The minimum Gasteiger partial charge on any atom is -0.493 e. The molecule has 1 aromatic carbocycles. The van der Waals surface area contributed by atoms with Crippen LogP contribution in [0.25, 0.3) is 0 Å². The van der Waals surface area contributed by atoms with Crippen LogP contribution in [0, 0.1) is 0 Å². The summed E-state index contributed by atoms with van der Waals surface area (Å²) in [5, 5.41) is 10.7. The lowest BCUT2D eigenvalue weighted by molar-refractivity contribution is 0.230. The Kier molecular flexibility index (Phi) is 4.24. The van der Waals surface area contributed by atoms with Gasteiger partial charge in [-0.15, -0.1) is 4.79 Å². The van der Waals surface area contributed by atoms with E-state index < -0.39 is 0 Å². The van der Waals surface area contributed by atoms with Crippen LogP contribution in [0.5, 0.6) is 11.5 Å². The highest BCUT2D eigenvalue weighted by atomic mass is 16.5. The monoisotopic (exact) mass is 278 g/mol. The highest BCUT2D eigenvalue weighted by Gasteiger charge is 2.08. The zero-order valence-corrected chi connectivity index (χ0v) is 11.7. The smallest absolute Gasteiger partial charge is 0.260 e. The van der Waals surface area contributed by atoms with Crippen LogP contribution in [0.3, 0.4) is 0 Å². The van der Waals surface area contributed by atoms with E-state index in [4.69, 9.17) is 15.2 Å². The van der Waals surface area contributed by atoms with Gasteiger partial charge in [-0.1, -0.05) is 11.2 Å². The van der Waals surface area contributed by atoms with Gasteiger partial charge in [0.15, 0.2) is 11.5 Å². The minimum absolute atomic E-state index is 0.0916. The molecule has 0 amide bonds. The molecule has 0 radical (unpaired) electrons. The molecule has 108 valence electrons. The van der Waals surface area contributed by atoms with Gasteiger partial charge >= 0.3 is 0 Å². The third-order valence-electron chi connectivity index (χ3n) is 2.52. The van der Waals surface area contributed by atoms with Crippen molar-refractivity contribution in [1.29, 1.82) is 0 Å². The zero-order valence-electron chi connectivity index (χ0n) is 11.7. The highest BCUT2D eigenvalue weighted by molar-refractivity contribution is 5.43. The summed E-state index contributed by atoms with van der Waals surface area (Å²) < 4.78 is 11.0. The van der Waals surface area contributed by atoms with Gasteiger partial charge < -0.3 is 20.6 Å². The number of tetrazole rings is 1. The first kappa shape index (κ1) is 13.9.